The molecule has 3 heterocycles. The number of amides is 1. The highest BCUT2D eigenvalue weighted by atomic mass is 32.1. The summed E-state index contributed by atoms with van der Waals surface area (Å²) in [5, 5.41) is 1.79. The molecule has 0 saturated carbocycles. The summed E-state index contributed by atoms with van der Waals surface area (Å²) < 4.78 is 5.69. The first-order valence-corrected chi connectivity index (χ1v) is 8.81. The molecule has 1 aliphatic heterocycles. The molecule has 7 nitrogen and oxygen atoms in total. The average Bonchev–Trinajstić information content (AvgIpc) is 3.02. The Morgan fingerprint density at radius 1 is 1.42 bits per heavy atom. The van der Waals surface area contributed by atoms with Gasteiger partial charge < -0.3 is 14.5 Å². The molecule has 0 spiro atoms. The van der Waals surface area contributed by atoms with Crippen molar-refractivity contribution in [2.24, 2.45) is 5.92 Å². The highest BCUT2D eigenvalue weighted by Gasteiger charge is 2.25. The van der Waals surface area contributed by atoms with Crippen LogP contribution in [0.5, 0.6) is 0 Å². The second kappa shape index (κ2) is 7.67. The van der Waals surface area contributed by atoms with Gasteiger partial charge in [0.25, 0.3) is 5.91 Å². The number of aromatic nitrogens is 3. The third-order valence-electron chi connectivity index (χ3n) is 3.94. The van der Waals surface area contributed by atoms with Crippen LogP contribution in [-0.4, -0.2) is 66.2 Å². The summed E-state index contributed by atoms with van der Waals surface area (Å²) in [6.07, 6.45) is 2.34. The lowest BCUT2D eigenvalue weighted by Crippen LogP contribution is -2.36. The van der Waals surface area contributed by atoms with Gasteiger partial charge in [-0.3, -0.25) is 4.79 Å². The molecular formula is C16H21N5O2S. The molecule has 1 amide bonds. The Kier molecular flexibility index (Phi) is 5.37. The molecule has 24 heavy (non-hydrogen) atoms. The minimum absolute atomic E-state index is 0.0246. The molecule has 8 heteroatoms. The van der Waals surface area contributed by atoms with E-state index in [0.29, 0.717) is 32.0 Å². The minimum Gasteiger partial charge on any atom is -0.379 e. The molecule has 1 aliphatic rings. The van der Waals surface area contributed by atoms with Crippen LogP contribution in [-0.2, 0) is 11.2 Å². The fourth-order valence-corrected chi connectivity index (χ4v) is 3.23. The molecule has 1 atom stereocenters. The third kappa shape index (κ3) is 4.07. The van der Waals surface area contributed by atoms with Crippen LogP contribution in [0.25, 0.3) is 0 Å². The summed E-state index contributed by atoms with van der Waals surface area (Å²) in [6, 6.07) is 1.98. The van der Waals surface area contributed by atoms with E-state index in [-0.39, 0.29) is 11.8 Å². The van der Waals surface area contributed by atoms with Gasteiger partial charge in [-0.15, -0.1) is 11.3 Å². The van der Waals surface area contributed by atoms with Gasteiger partial charge >= 0.3 is 0 Å². The maximum absolute atomic E-state index is 12.5. The first-order valence-electron chi connectivity index (χ1n) is 7.87. The summed E-state index contributed by atoms with van der Waals surface area (Å²) in [5.74, 6) is 1.06. The van der Waals surface area contributed by atoms with Crippen LogP contribution in [0.3, 0.4) is 0 Å². The number of carbonyl (C=O) groups is 1. The zero-order valence-electron chi connectivity index (χ0n) is 13.9. The highest BCUT2D eigenvalue weighted by Crippen LogP contribution is 2.17. The van der Waals surface area contributed by atoms with Crippen molar-refractivity contribution in [1.29, 1.82) is 0 Å². The van der Waals surface area contributed by atoms with Crippen LogP contribution in [0.15, 0.2) is 23.3 Å². The predicted molar refractivity (Wildman–Crippen MR) is 92.4 cm³/mol. The second-order valence-electron chi connectivity index (χ2n) is 6.03. The summed E-state index contributed by atoms with van der Waals surface area (Å²) >= 11 is 1.43. The van der Waals surface area contributed by atoms with E-state index < -0.39 is 0 Å². The van der Waals surface area contributed by atoms with Crippen molar-refractivity contribution in [2.75, 3.05) is 45.3 Å². The fourth-order valence-electron chi connectivity index (χ4n) is 2.71. The quantitative estimate of drug-likeness (QED) is 0.831. The van der Waals surface area contributed by atoms with Gasteiger partial charge in [-0.1, -0.05) is 0 Å². The molecule has 128 valence electrons. The van der Waals surface area contributed by atoms with Gasteiger partial charge in [0.15, 0.2) is 0 Å². The Balaban J connectivity index is 1.69. The Bertz CT molecular complexity index is 677. The number of thiazole rings is 1. The molecule has 0 radical (unpaired) electrons. The van der Waals surface area contributed by atoms with E-state index in [0.717, 1.165) is 17.9 Å². The molecule has 0 bridgehead atoms. The zero-order chi connectivity index (χ0) is 16.9. The minimum atomic E-state index is -0.0246. The van der Waals surface area contributed by atoms with E-state index in [2.05, 4.69) is 15.0 Å². The van der Waals surface area contributed by atoms with Crippen LogP contribution in [0, 0.1) is 5.92 Å². The monoisotopic (exact) mass is 347 g/mol. The number of rotatable bonds is 4. The lowest BCUT2D eigenvalue weighted by Gasteiger charge is -2.23. The van der Waals surface area contributed by atoms with Crippen LogP contribution in [0.2, 0.25) is 0 Å². The summed E-state index contributed by atoms with van der Waals surface area (Å²) in [5.41, 5.74) is 3.16. The molecule has 3 rings (SSSR count). The van der Waals surface area contributed by atoms with Gasteiger partial charge in [-0.25, -0.2) is 15.0 Å². The molecule has 2 aromatic rings. The number of carbonyl (C=O) groups excluding carboxylic acids is 1. The first-order chi connectivity index (χ1) is 11.6. The van der Waals surface area contributed by atoms with Crippen LogP contribution in [0.4, 0.5) is 5.82 Å². The normalized spacial score (nSPS) is 18.2. The van der Waals surface area contributed by atoms with E-state index >= 15 is 0 Å². The van der Waals surface area contributed by atoms with Gasteiger partial charge in [-0.05, 0) is 6.42 Å². The van der Waals surface area contributed by atoms with Crippen LogP contribution >= 0.6 is 11.3 Å². The van der Waals surface area contributed by atoms with Gasteiger partial charge in [-0.2, -0.15) is 0 Å². The largest absolute Gasteiger partial charge is 0.379 e. The van der Waals surface area contributed by atoms with Gasteiger partial charge in [0.1, 0.15) is 17.8 Å². The molecule has 2 aromatic heterocycles. The smallest absolute Gasteiger partial charge is 0.273 e. The van der Waals surface area contributed by atoms with Crippen molar-refractivity contribution in [3.05, 3.63) is 34.7 Å². The third-order valence-corrected chi connectivity index (χ3v) is 4.53. The molecule has 0 aliphatic carbocycles. The lowest BCUT2D eigenvalue weighted by atomic mass is 10.0. The topological polar surface area (TPSA) is 71.5 Å². The fraction of sp³-hybridized carbons (Fsp3) is 0.500. The number of hydrogen-bond donors (Lipinski definition) is 0. The number of anilines is 1. The van der Waals surface area contributed by atoms with Crippen LogP contribution < -0.4 is 4.90 Å². The van der Waals surface area contributed by atoms with Crippen molar-refractivity contribution >= 4 is 23.1 Å². The Morgan fingerprint density at radius 3 is 3.04 bits per heavy atom. The van der Waals surface area contributed by atoms with Crippen molar-refractivity contribution in [1.82, 2.24) is 19.9 Å². The Morgan fingerprint density at radius 2 is 2.29 bits per heavy atom. The molecule has 0 N–H and O–H groups in total. The van der Waals surface area contributed by atoms with Crippen LogP contribution in [0.1, 0.15) is 16.2 Å². The number of ether oxygens (including phenoxy) is 1. The standard InChI is InChI=1S/C16H21N5O2S/c1-20(2)15-6-13(17-10-18-15)5-12-7-21(3-4-23-8-12)16(22)14-9-24-11-19-14/h6,9-12H,3-5,7-8H2,1-2H3/t12-/m0/s1. The van der Waals surface area contributed by atoms with E-state index in [1.807, 2.05) is 30.0 Å². The second-order valence-corrected chi connectivity index (χ2v) is 6.75. The molecular weight excluding hydrogens is 326 g/mol. The SMILES string of the molecule is CN(C)c1cc(C[C@@H]2COCCN(C(=O)c3cscn3)C2)ncn1. The molecule has 0 unspecified atom stereocenters. The van der Waals surface area contributed by atoms with E-state index in [4.69, 9.17) is 4.74 Å². The lowest BCUT2D eigenvalue weighted by molar-refractivity contribution is 0.0732. The summed E-state index contributed by atoms with van der Waals surface area (Å²) in [7, 11) is 3.91. The molecule has 1 saturated heterocycles. The number of hydrogen-bond acceptors (Lipinski definition) is 7. The van der Waals surface area contributed by atoms with E-state index in [1.54, 1.807) is 17.2 Å². The first kappa shape index (κ1) is 16.8. The molecule has 0 aromatic carbocycles. The van der Waals surface area contributed by atoms with Crippen molar-refractivity contribution in [2.45, 2.75) is 6.42 Å². The summed E-state index contributed by atoms with van der Waals surface area (Å²) in [4.78, 5) is 29.0. The number of nitrogens with zero attached hydrogens (tertiary/aromatic N) is 5. The Hall–Kier alpha value is -2.06. The van der Waals surface area contributed by atoms with Gasteiger partial charge in [0, 0.05) is 50.2 Å². The zero-order valence-corrected chi connectivity index (χ0v) is 14.7. The van der Waals surface area contributed by atoms with Gasteiger partial charge in [0.2, 0.25) is 0 Å². The maximum Gasteiger partial charge on any atom is 0.273 e. The van der Waals surface area contributed by atoms with Crippen molar-refractivity contribution in [3.8, 4) is 0 Å². The van der Waals surface area contributed by atoms with Crippen molar-refractivity contribution in [3.63, 3.8) is 0 Å². The van der Waals surface area contributed by atoms with Crippen molar-refractivity contribution < 1.29 is 9.53 Å². The Labute approximate surface area is 145 Å². The molecule has 1 fully saturated rings. The maximum atomic E-state index is 12.5. The highest BCUT2D eigenvalue weighted by molar-refractivity contribution is 7.07. The summed E-state index contributed by atoms with van der Waals surface area (Å²) in [6.45, 7) is 2.43. The van der Waals surface area contributed by atoms with E-state index in [1.165, 1.54) is 11.3 Å². The predicted octanol–water partition coefficient (Wildman–Crippen LogP) is 1.33. The van der Waals surface area contributed by atoms with Gasteiger partial charge in [0.05, 0.1) is 18.7 Å². The van der Waals surface area contributed by atoms with E-state index in [9.17, 15) is 4.79 Å². The average molecular weight is 347 g/mol.